The summed E-state index contributed by atoms with van der Waals surface area (Å²) in [6.45, 7) is 0. The van der Waals surface area contributed by atoms with E-state index >= 15 is 0 Å². The van der Waals surface area contributed by atoms with Crippen LogP contribution in [0, 0.1) is 0 Å². The van der Waals surface area contributed by atoms with Gasteiger partial charge in [-0.25, -0.2) is 8.42 Å². The van der Waals surface area contributed by atoms with Crippen molar-refractivity contribution in [1.29, 1.82) is 0 Å². The number of rotatable bonds is 0. The Morgan fingerprint density at radius 3 is 1.30 bits per heavy atom. The van der Waals surface area contributed by atoms with E-state index in [0.29, 0.717) is 0 Å². The Balaban J connectivity index is -0.000000245. The molecule has 0 atom stereocenters. The number of hydrogen-bond donors (Lipinski definition) is 0. The van der Waals surface area contributed by atoms with Crippen molar-refractivity contribution in [2.45, 2.75) is 5.51 Å². The van der Waals surface area contributed by atoms with Crippen molar-refractivity contribution < 1.29 is 26.1 Å². The average Bonchev–Trinajstić information content (AvgIpc) is 1.25. The summed E-state index contributed by atoms with van der Waals surface area (Å²) in [7, 11) is -6.09. The van der Waals surface area contributed by atoms with Gasteiger partial charge in [0.1, 0.15) is 0 Å². The second-order valence-corrected chi connectivity index (χ2v) is 2.27. The Morgan fingerprint density at radius 2 is 1.30 bits per heavy atom. The molecule has 0 aliphatic rings. The molecule has 0 aromatic heterocycles. The van der Waals surface area contributed by atoms with E-state index in [1.165, 1.54) is 0 Å². The van der Waals surface area contributed by atoms with Gasteiger partial charge in [0.05, 0.1) is 0 Å². The van der Waals surface area contributed by atoms with E-state index in [4.69, 9.17) is 13.0 Å². The van der Waals surface area contributed by atoms with Crippen LogP contribution in [0.15, 0.2) is 0 Å². The van der Waals surface area contributed by atoms with E-state index in [-0.39, 0.29) is 32.4 Å². The van der Waals surface area contributed by atoms with Gasteiger partial charge in [-0.1, -0.05) is 13.5 Å². The third kappa shape index (κ3) is 5.43. The molecule has 0 heterocycles. The molecule has 1 radical (unpaired) electrons. The van der Waals surface area contributed by atoms with Crippen molar-refractivity contribution >= 4 is 42.5 Å². The molecule has 9 heteroatoms. The molecule has 0 unspecified atom stereocenters. The van der Waals surface area contributed by atoms with E-state index < -0.39 is 15.6 Å². The van der Waals surface area contributed by atoms with Crippen molar-refractivity contribution in [2.24, 2.45) is 0 Å². The predicted octanol–water partition coefficient (Wildman–Crippen LogP) is -1.13. The second-order valence-electron chi connectivity index (χ2n) is 0.900. The molecule has 0 aromatic carbocycles. The zero-order valence-corrected chi connectivity index (χ0v) is 6.82. The summed E-state index contributed by atoms with van der Waals surface area (Å²) in [4.78, 5) is 0. The fourth-order valence-corrected chi connectivity index (χ4v) is 0. The molecule has 0 fully saturated rings. The second kappa shape index (κ2) is 4.51. The van der Waals surface area contributed by atoms with Crippen LogP contribution < -0.4 is 0 Å². The molecule has 59 valence electrons. The Bertz CT molecular complexity index is 171. The van der Waals surface area contributed by atoms with Crippen molar-refractivity contribution in [3.63, 3.8) is 0 Å². The van der Waals surface area contributed by atoms with E-state index in [1.54, 1.807) is 0 Å². The zero-order valence-electron chi connectivity index (χ0n) is 4.84. The van der Waals surface area contributed by atoms with Crippen molar-refractivity contribution in [1.82, 2.24) is 0 Å². The standard InChI is InChI=1S/CHF3O3S.Li.H2S/c2-1(3,4)8(5,6)7;;/h(H,5,6,7);;1H2. The molecule has 0 saturated heterocycles. The van der Waals surface area contributed by atoms with E-state index in [2.05, 4.69) is 0 Å². The van der Waals surface area contributed by atoms with Gasteiger partial charge in [0.2, 0.25) is 0 Å². The minimum Gasteiger partial charge on any atom is -0.741 e. The first kappa shape index (κ1) is 16.9. The Morgan fingerprint density at radius 1 is 1.20 bits per heavy atom. The van der Waals surface area contributed by atoms with Gasteiger partial charge in [0.25, 0.3) is 0 Å². The molecule has 0 aliphatic carbocycles. The van der Waals surface area contributed by atoms with Gasteiger partial charge in [0, 0.05) is 18.9 Å². The van der Waals surface area contributed by atoms with Gasteiger partial charge in [-0.15, -0.1) is 0 Å². The predicted molar refractivity (Wildman–Crippen MR) is 33.1 cm³/mol. The van der Waals surface area contributed by atoms with Gasteiger partial charge < -0.3 is 4.55 Å². The smallest absolute Gasteiger partial charge is 0.485 e. The van der Waals surface area contributed by atoms with Crippen LogP contribution in [0.4, 0.5) is 13.2 Å². The molecule has 0 amide bonds. The maximum atomic E-state index is 10.7. The maximum Gasteiger partial charge on any atom is 0.485 e. The fourth-order valence-electron chi connectivity index (χ4n) is 0. The molecule has 0 spiro atoms. The van der Waals surface area contributed by atoms with Crippen LogP contribution in [-0.4, -0.2) is 37.3 Å². The molecule has 10 heavy (non-hydrogen) atoms. The van der Waals surface area contributed by atoms with Crippen LogP contribution >= 0.6 is 0 Å². The first-order valence-electron chi connectivity index (χ1n) is 1.27. The van der Waals surface area contributed by atoms with Crippen molar-refractivity contribution in [3.8, 4) is 0 Å². The van der Waals surface area contributed by atoms with Gasteiger partial charge in [0.15, 0.2) is 10.1 Å². The first-order chi connectivity index (χ1) is 3.25. The van der Waals surface area contributed by atoms with Crippen LogP contribution in [-0.2, 0) is 23.6 Å². The Kier molecular flexibility index (Phi) is 7.64. The summed E-state index contributed by atoms with van der Waals surface area (Å²) in [5, 5.41) is 0. The largest absolute Gasteiger partial charge is 0.741 e. The quantitative estimate of drug-likeness (QED) is 0.210. The summed E-state index contributed by atoms with van der Waals surface area (Å²) in [5.74, 6) is 0. The Hall–Kier alpha value is 0.647. The molecule has 0 rings (SSSR count). The minimum absolute atomic E-state index is 0. The third-order valence-corrected chi connectivity index (χ3v) is 0.850. The summed E-state index contributed by atoms with van der Waals surface area (Å²) in [6.07, 6.45) is 0. The van der Waals surface area contributed by atoms with E-state index in [0.717, 1.165) is 0 Å². The SMILES string of the molecule is O=S(=O)([O-])C(F)(F)F.[Li].[SH3+]. The molecular formula is CH3F3LiO3S2. The maximum absolute atomic E-state index is 10.7. The summed E-state index contributed by atoms with van der Waals surface area (Å²) in [6, 6.07) is 0. The van der Waals surface area contributed by atoms with Crippen LogP contribution in [0.25, 0.3) is 0 Å². The van der Waals surface area contributed by atoms with Crippen LogP contribution in [0.5, 0.6) is 0 Å². The average molecular weight is 191 g/mol. The van der Waals surface area contributed by atoms with Crippen molar-refractivity contribution in [2.75, 3.05) is 0 Å². The monoisotopic (exact) mass is 191 g/mol. The summed E-state index contributed by atoms with van der Waals surface area (Å²) >= 11 is 0. The molecular weight excluding hydrogens is 188 g/mol. The number of alkyl halides is 3. The van der Waals surface area contributed by atoms with Gasteiger partial charge in [-0.05, 0) is 0 Å². The zero-order chi connectivity index (χ0) is 7.00. The Labute approximate surface area is 74.4 Å². The fraction of sp³-hybridized carbons (Fsp3) is 1.00. The van der Waals surface area contributed by atoms with Crippen LogP contribution in [0.2, 0.25) is 0 Å². The van der Waals surface area contributed by atoms with Crippen molar-refractivity contribution in [3.05, 3.63) is 0 Å². The summed E-state index contributed by atoms with van der Waals surface area (Å²) < 4.78 is 58.9. The normalized spacial score (nSPS) is 11.2. The number of hydrogen-bond acceptors (Lipinski definition) is 3. The van der Waals surface area contributed by atoms with Crippen LogP contribution in [0.3, 0.4) is 0 Å². The van der Waals surface area contributed by atoms with E-state index in [9.17, 15) is 13.2 Å². The number of halogens is 3. The summed E-state index contributed by atoms with van der Waals surface area (Å²) in [5.41, 5.74) is -5.65. The molecule has 0 aliphatic heterocycles. The van der Waals surface area contributed by atoms with E-state index in [1.807, 2.05) is 0 Å². The molecule has 0 saturated carbocycles. The van der Waals surface area contributed by atoms with Gasteiger partial charge >= 0.3 is 5.51 Å². The van der Waals surface area contributed by atoms with Gasteiger partial charge in [-0.3, -0.25) is 0 Å². The molecule has 0 bridgehead atoms. The minimum atomic E-state index is -6.09. The first-order valence-corrected chi connectivity index (χ1v) is 2.68. The van der Waals surface area contributed by atoms with Gasteiger partial charge in [-0.2, -0.15) is 13.2 Å². The molecule has 0 aromatic rings. The topological polar surface area (TPSA) is 57.2 Å². The molecule has 0 N–H and O–H groups in total. The van der Waals surface area contributed by atoms with Crippen LogP contribution in [0.1, 0.15) is 0 Å². The third-order valence-electron chi connectivity index (χ3n) is 0.283. The molecule has 3 nitrogen and oxygen atoms in total.